The summed E-state index contributed by atoms with van der Waals surface area (Å²) >= 11 is 0. The Morgan fingerprint density at radius 1 is 1.19 bits per heavy atom. The molecule has 1 fully saturated rings. The summed E-state index contributed by atoms with van der Waals surface area (Å²) in [6.07, 6.45) is -2.16. The van der Waals surface area contributed by atoms with Crippen LogP contribution in [0.25, 0.3) is 16.6 Å². The maximum atomic E-state index is 15.3. The topological polar surface area (TPSA) is 145 Å². The van der Waals surface area contributed by atoms with Crippen molar-refractivity contribution in [2.45, 2.75) is 31.6 Å². The zero-order valence-corrected chi connectivity index (χ0v) is 25.3. The summed E-state index contributed by atoms with van der Waals surface area (Å²) in [5, 5.41) is 12.4. The number of aryl methyl sites for hydroxylation is 2. The van der Waals surface area contributed by atoms with Gasteiger partial charge in [0.25, 0.3) is 11.5 Å². The molecule has 2 aromatic carbocycles. The fourth-order valence-corrected chi connectivity index (χ4v) is 5.57. The molecule has 2 atom stereocenters. The number of carboxylic acids is 1. The van der Waals surface area contributed by atoms with Crippen LogP contribution >= 0.6 is 0 Å². The van der Waals surface area contributed by atoms with E-state index in [9.17, 15) is 37.5 Å². The van der Waals surface area contributed by atoms with Crippen LogP contribution in [0.2, 0.25) is 0 Å². The minimum atomic E-state index is -4.64. The van der Waals surface area contributed by atoms with E-state index in [0.717, 1.165) is 15.5 Å². The van der Waals surface area contributed by atoms with Crippen molar-refractivity contribution in [2.24, 2.45) is 7.05 Å². The predicted octanol–water partition coefficient (Wildman–Crippen LogP) is 2.73. The molecule has 0 spiro atoms. The van der Waals surface area contributed by atoms with Crippen molar-refractivity contribution in [3.8, 4) is 11.4 Å². The molecule has 0 aliphatic carbocycles. The normalized spacial score (nSPS) is 15.8. The number of fused-ring (bicyclic) bond motifs is 1. The van der Waals surface area contributed by atoms with Gasteiger partial charge in [0, 0.05) is 31.9 Å². The van der Waals surface area contributed by atoms with Crippen LogP contribution in [0, 0.1) is 12.7 Å². The van der Waals surface area contributed by atoms with E-state index >= 15 is 4.39 Å². The van der Waals surface area contributed by atoms with Crippen LogP contribution in [0.3, 0.4) is 0 Å². The summed E-state index contributed by atoms with van der Waals surface area (Å²) in [6, 6.07) is 4.17. The number of methoxy groups -OCH3 is 1. The van der Waals surface area contributed by atoms with Crippen LogP contribution in [-0.2, 0) is 23.0 Å². The van der Waals surface area contributed by atoms with Crippen molar-refractivity contribution >= 4 is 28.5 Å². The smallest absolute Gasteiger partial charge is 0.411 e. The maximum absolute atomic E-state index is 15.3. The number of carbonyl (C=O) groups excluding carboxylic acids is 1. The Labute approximate surface area is 263 Å². The number of alkyl halides is 3. The first-order valence-corrected chi connectivity index (χ1v) is 14.2. The second-order valence-corrected chi connectivity index (χ2v) is 10.9. The highest BCUT2D eigenvalue weighted by Gasteiger charge is 2.45. The maximum Gasteiger partial charge on any atom is 0.411 e. The molecule has 47 heavy (non-hydrogen) atoms. The van der Waals surface area contributed by atoms with E-state index in [0.29, 0.717) is 11.1 Å². The number of nitrogens with zero attached hydrogens (tertiary/aromatic N) is 4. The summed E-state index contributed by atoms with van der Waals surface area (Å²) in [7, 11) is 2.77. The van der Waals surface area contributed by atoms with Gasteiger partial charge in [-0.15, -0.1) is 0 Å². The number of morpholine rings is 1. The number of nitrogens with one attached hydrogen (secondary N) is 1. The van der Waals surface area contributed by atoms with Crippen molar-refractivity contribution in [1.82, 2.24) is 19.4 Å². The number of carboxylic acid groups (broad SMARTS) is 1. The zero-order valence-electron chi connectivity index (χ0n) is 25.3. The highest BCUT2D eigenvalue weighted by atomic mass is 19.4. The molecule has 248 valence electrons. The standard InChI is InChI=1S/C31H29F4N5O7/c1-16-10-18(39-8-9-47-15-25(39)31(33,34)35)13-20(32)26(16)27(41)37-21(29(43)44)11-17-4-5-22(24(12-17)46-3)40-28(42)19-6-7-36-14-23(19)38(2)30(40)45/h4-7,10,12-14,21,25H,8-9,11,15H2,1-3H3,(H,37,41)(H,43,44). The summed E-state index contributed by atoms with van der Waals surface area (Å²) in [6.45, 7) is 0.541. The molecule has 1 aliphatic rings. The van der Waals surface area contributed by atoms with Crippen molar-refractivity contribution < 1.29 is 41.7 Å². The van der Waals surface area contributed by atoms with Gasteiger partial charge < -0.3 is 24.8 Å². The molecular weight excluding hydrogens is 630 g/mol. The fraction of sp³-hybridized carbons (Fsp3) is 0.323. The van der Waals surface area contributed by atoms with Crippen molar-refractivity contribution in [3.63, 3.8) is 0 Å². The van der Waals surface area contributed by atoms with Crippen LogP contribution in [0.1, 0.15) is 21.5 Å². The number of rotatable bonds is 8. The molecule has 12 nitrogen and oxygen atoms in total. The number of halogens is 4. The third kappa shape index (κ3) is 6.40. The Bertz CT molecular complexity index is 1970. The minimum Gasteiger partial charge on any atom is -0.495 e. The lowest BCUT2D eigenvalue weighted by molar-refractivity contribution is -0.167. The van der Waals surface area contributed by atoms with Gasteiger partial charge in [-0.3, -0.25) is 19.1 Å². The van der Waals surface area contributed by atoms with Crippen molar-refractivity contribution in [3.05, 3.63) is 92.1 Å². The van der Waals surface area contributed by atoms with Gasteiger partial charge in [0.05, 0.1) is 48.7 Å². The molecule has 16 heteroatoms. The number of aromatic nitrogens is 3. The fourth-order valence-electron chi connectivity index (χ4n) is 5.57. The molecule has 1 aliphatic heterocycles. The first-order chi connectivity index (χ1) is 22.2. The molecule has 0 bridgehead atoms. The van der Waals surface area contributed by atoms with E-state index in [2.05, 4.69) is 10.3 Å². The highest BCUT2D eigenvalue weighted by Crippen LogP contribution is 2.33. The Hall–Kier alpha value is -5.25. The summed E-state index contributed by atoms with van der Waals surface area (Å²) in [5.41, 5.74) is -1.19. The molecule has 1 saturated heterocycles. The lowest BCUT2D eigenvalue weighted by Gasteiger charge is -2.38. The van der Waals surface area contributed by atoms with E-state index in [-0.39, 0.29) is 47.6 Å². The Balaban J connectivity index is 1.41. The van der Waals surface area contributed by atoms with Crippen LogP contribution in [0.4, 0.5) is 23.2 Å². The minimum absolute atomic E-state index is 0.00161. The van der Waals surface area contributed by atoms with Gasteiger partial charge in [0.15, 0.2) is 0 Å². The average Bonchev–Trinajstić information content (AvgIpc) is 3.03. The number of hydrogen-bond donors (Lipinski definition) is 2. The second-order valence-electron chi connectivity index (χ2n) is 10.9. The van der Waals surface area contributed by atoms with Gasteiger partial charge in [0.1, 0.15) is 23.7 Å². The SMILES string of the molecule is COc1cc(CC(NC(=O)c2c(C)cc(N3CCOCC3C(F)(F)F)cc2F)C(=O)O)ccc1-n1c(=O)c2ccncc2n(C)c1=O. The summed E-state index contributed by atoms with van der Waals surface area (Å²) < 4.78 is 68.5. The van der Waals surface area contributed by atoms with Gasteiger partial charge >= 0.3 is 17.8 Å². The van der Waals surface area contributed by atoms with Gasteiger partial charge in [-0.25, -0.2) is 18.5 Å². The van der Waals surface area contributed by atoms with Gasteiger partial charge in [-0.05, 0) is 48.4 Å². The number of carbonyl (C=O) groups is 2. The van der Waals surface area contributed by atoms with Crippen LogP contribution in [0.15, 0.2) is 58.4 Å². The van der Waals surface area contributed by atoms with E-state index < -0.39 is 59.4 Å². The molecular formula is C31H29F4N5O7. The molecule has 4 aromatic rings. The lowest BCUT2D eigenvalue weighted by Crippen LogP contribution is -2.53. The van der Waals surface area contributed by atoms with Crippen LogP contribution in [0.5, 0.6) is 5.75 Å². The van der Waals surface area contributed by atoms with E-state index in [1.54, 1.807) is 0 Å². The molecule has 1 amide bonds. The van der Waals surface area contributed by atoms with Gasteiger partial charge in [-0.2, -0.15) is 13.2 Å². The van der Waals surface area contributed by atoms with Gasteiger partial charge in [-0.1, -0.05) is 6.07 Å². The number of hydrogen-bond acceptors (Lipinski definition) is 8. The number of ether oxygens (including phenoxy) is 2. The number of benzene rings is 2. The molecule has 3 heterocycles. The molecule has 2 unspecified atom stereocenters. The Morgan fingerprint density at radius 3 is 2.60 bits per heavy atom. The third-order valence-corrected chi connectivity index (χ3v) is 7.94. The average molecular weight is 660 g/mol. The number of pyridine rings is 1. The number of anilines is 1. The largest absolute Gasteiger partial charge is 0.495 e. The van der Waals surface area contributed by atoms with Crippen molar-refractivity contribution in [1.29, 1.82) is 0 Å². The second kappa shape index (κ2) is 12.9. The monoisotopic (exact) mass is 659 g/mol. The Morgan fingerprint density at radius 2 is 1.94 bits per heavy atom. The van der Waals surface area contributed by atoms with Crippen LogP contribution in [-0.4, -0.2) is 76.2 Å². The van der Waals surface area contributed by atoms with E-state index in [4.69, 9.17) is 9.47 Å². The first-order valence-electron chi connectivity index (χ1n) is 14.2. The Kier molecular flexibility index (Phi) is 9.07. The molecule has 0 radical (unpaired) electrons. The summed E-state index contributed by atoms with van der Waals surface area (Å²) in [5.74, 6) is -3.61. The number of aliphatic carboxylic acids is 1. The van der Waals surface area contributed by atoms with Crippen LogP contribution < -0.4 is 26.2 Å². The van der Waals surface area contributed by atoms with Crippen molar-refractivity contribution in [2.75, 3.05) is 31.8 Å². The molecule has 2 N–H and O–H groups in total. The van der Waals surface area contributed by atoms with E-state index in [1.165, 1.54) is 68.4 Å². The predicted molar refractivity (Wildman–Crippen MR) is 161 cm³/mol. The quantitative estimate of drug-likeness (QED) is 0.273. The molecule has 5 rings (SSSR count). The van der Waals surface area contributed by atoms with Gasteiger partial charge in [0.2, 0.25) is 0 Å². The lowest BCUT2D eigenvalue weighted by atomic mass is 10.0. The third-order valence-electron chi connectivity index (χ3n) is 7.94. The molecule has 0 saturated carbocycles. The summed E-state index contributed by atoms with van der Waals surface area (Å²) in [4.78, 5) is 56.6. The van der Waals surface area contributed by atoms with E-state index in [1.807, 2.05) is 0 Å². The zero-order chi connectivity index (χ0) is 34.2. The number of amides is 1. The highest BCUT2D eigenvalue weighted by molar-refractivity contribution is 5.98. The molecule has 2 aromatic heterocycles. The first kappa shape index (κ1) is 33.1.